The predicted molar refractivity (Wildman–Crippen MR) is 101 cm³/mol. The number of hydrogen-bond donors (Lipinski definition) is 0. The summed E-state index contributed by atoms with van der Waals surface area (Å²) in [7, 11) is 0. The molecule has 128 valence electrons. The number of thioether (sulfide) groups is 1. The zero-order valence-electron chi connectivity index (χ0n) is 13.7. The van der Waals surface area contributed by atoms with Gasteiger partial charge >= 0.3 is 0 Å². The summed E-state index contributed by atoms with van der Waals surface area (Å²) in [6, 6.07) is 10.3. The van der Waals surface area contributed by atoms with Crippen LogP contribution in [0.2, 0.25) is 0 Å². The van der Waals surface area contributed by atoms with Crippen LogP contribution in [-0.4, -0.2) is 63.9 Å². The minimum absolute atomic E-state index is 0.0201. The summed E-state index contributed by atoms with van der Waals surface area (Å²) in [6.07, 6.45) is 0.338. The van der Waals surface area contributed by atoms with Crippen LogP contribution in [0.3, 0.4) is 0 Å². The molecule has 0 saturated carbocycles. The summed E-state index contributed by atoms with van der Waals surface area (Å²) in [5, 5.41) is -0.123. The van der Waals surface area contributed by atoms with E-state index in [4.69, 9.17) is 12.2 Å². The molecular weight excluding hydrogens is 342 g/mol. The molecule has 0 aliphatic carbocycles. The summed E-state index contributed by atoms with van der Waals surface area (Å²) in [5.41, 5.74) is 1.20. The van der Waals surface area contributed by atoms with Crippen LogP contribution in [0, 0.1) is 0 Å². The summed E-state index contributed by atoms with van der Waals surface area (Å²) < 4.78 is 0.592. The van der Waals surface area contributed by atoms with Crippen LogP contribution < -0.4 is 4.90 Å². The number of anilines is 1. The zero-order valence-corrected chi connectivity index (χ0v) is 15.3. The van der Waals surface area contributed by atoms with Gasteiger partial charge in [0.05, 0.1) is 5.25 Å². The van der Waals surface area contributed by atoms with Crippen molar-refractivity contribution in [1.29, 1.82) is 0 Å². The molecule has 0 N–H and O–H groups in total. The van der Waals surface area contributed by atoms with E-state index < -0.39 is 0 Å². The van der Waals surface area contributed by atoms with Gasteiger partial charge in [-0.2, -0.15) is 0 Å². The summed E-state index contributed by atoms with van der Waals surface area (Å²) in [4.78, 5) is 30.2. The molecule has 1 aromatic rings. The van der Waals surface area contributed by atoms with Crippen LogP contribution in [-0.2, 0) is 9.59 Å². The van der Waals surface area contributed by atoms with Gasteiger partial charge in [0.15, 0.2) is 0 Å². The molecule has 0 spiro atoms. The van der Waals surface area contributed by atoms with Crippen molar-refractivity contribution in [3.05, 3.63) is 30.3 Å². The maximum Gasteiger partial charge on any atom is 0.241 e. The Kier molecular flexibility index (Phi) is 5.40. The smallest absolute Gasteiger partial charge is 0.241 e. The fraction of sp³-hybridized carbons (Fsp3) is 0.471. The number of amides is 2. The highest BCUT2D eigenvalue weighted by Crippen LogP contribution is 2.26. The van der Waals surface area contributed by atoms with Crippen LogP contribution in [0.25, 0.3) is 0 Å². The van der Waals surface area contributed by atoms with E-state index in [-0.39, 0.29) is 17.1 Å². The average molecular weight is 364 g/mol. The van der Waals surface area contributed by atoms with E-state index in [1.165, 1.54) is 17.4 Å². The molecule has 0 aromatic heterocycles. The number of hydrogen-bond acceptors (Lipinski definition) is 5. The Balaban J connectivity index is 1.47. The lowest BCUT2D eigenvalue weighted by Gasteiger charge is -2.36. The topological polar surface area (TPSA) is 43.9 Å². The standard InChI is InChI=1S/C17H21N3O2S2/c1-13-16(22)20(17(23)24-13)8-7-15(21)19-11-9-18(10-12-19)14-5-3-2-4-6-14/h2-6,13H,7-12H2,1H3/t13-/m1/s1. The maximum absolute atomic E-state index is 12.4. The van der Waals surface area contributed by atoms with Crippen molar-refractivity contribution in [2.24, 2.45) is 0 Å². The Labute approximate surface area is 152 Å². The molecule has 2 amide bonds. The molecule has 3 rings (SSSR count). The van der Waals surface area contributed by atoms with Crippen LogP contribution >= 0.6 is 24.0 Å². The third kappa shape index (κ3) is 3.72. The molecule has 7 heteroatoms. The van der Waals surface area contributed by atoms with E-state index in [9.17, 15) is 9.59 Å². The largest absolute Gasteiger partial charge is 0.368 e. The number of para-hydroxylation sites is 1. The van der Waals surface area contributed by atoms with Crippen molar-refractivity contribution < 1.29 is 9.59 Å². The van der Waals surface area contributed by atoms with Gasteiger partial charge in [0.1, 0.15) is 4.32 Å². The highest BCUT2D eigenvalue weighted by Gasteiger charge is 2.34. The molecule has 2 fully saturated rings. The Hall–Kier alpha value is -1.60. The van der Waals surface area contributed by atoms with Gasteiger partial charge in [0.2, 0.25) is 11.8 Å². The second-order valence-electron chi connectivity index (χ2n) is 5.97. The predicted octanol–water partition coefficient (Wildman–Crippen LogP) is 1.97. The second kappa shape index (κ2) is 7.53. The van der Waals surface area contributed by atoms with Crippen molar-refractivity contribution >= 4 is 45.8 Å². The van der Waals surface area contributed by atoms with Gasteiger partial charge in [-0.3, -0.25) is 14.5 Å². The first kappa shape index (κ1) is 17.2. The van der Waals surface area contributed by atoms with E-state index in [2.05, 4.69) is 17.0 Å². The number of benzene rings is 1. The number of piperazine rings is 1. The van der Waals surface area contributed by atoms with Gasteiger partial charge in [-0.1, -0.05) is 42.2 Å². The van der Waals surface area contributed by atoms with E-state index in [0.717, 1.165) is 26.2 Å². The monoisotopic (exact) mass is 363 g/mol. The molecule has 1 aromatic carbocycles. The van der Waals surface area contributed by atoms with Crippen LogP contribution in [0.1, 0.15) is 13.3 Å². The van der Waals surface area contributed by atoms with Crippen LogP contribution in [0.5, 0.6) is 0 Å². The van der Waals surface area contributed by atoms with Gasteiger partial charge in [-0.05, 0) is 19.1 Å². The lowest BCUT2D eigenvalue weighted by Crippen LogP contribution is -2.49. The van der Waals surface area contributed by atoms with E-state index in [1.807, 2.05) is 30.0 Å². The van der Waals surface area contributed by atoms with Crippen molar-refractivity contribution in [1.82, 2.24) is 9.80 Å². The Bertz CT molecular complexity index is 630. The highest BCUT2D eigenvalue weighted by atomic mass is 32.2. The molecule has 24 heavy (non-hydrogen) atoms. The number of nitrogens with zero attached hydrogens (tertiary/aromatic N) is 3. The number of carbonyl (C=O) groups excluding carboxylic acids is 2. The lowest BCUT2D eigenvalue weighted by molar-refractivity contribution is -0.132. The fourth-order valence-electron chi connectivity index (χ4n) is 2.99. The molecule has 2 aliphatic heterocycles. The van der Waals surface area contributed by atoms with Crippen LogP contribution in [0.15, 0.2) is 30.3 Å². The zero-order chi connectivity index (χ0) is 17.1. The third-order valence-corrected chi connectivity index (χ3v) is 5.90. The highest BCUT2D eigenvalue weighted by molar-refractivity contribution is 8.24. The summed E-state index contributed by atoms with van der Waals surface area (Å²) in [6.45, 7) is 5.36. The number of carbonyl (C=O) groups is 2. The van der Waals surface area contributed by atoms with Gasteiger partial charge in [-0.25, -0.2) is 0 Å². The van der Waals surface area contributed by atoms with E-state index in [0.29, 0.717) is 17.3 Å². The molecule has 2 aliphatic rings. The molecule has 5 nitrogen and oxygen atoms in total. The second-order valence-corrected chi connectivity index (χ2v) is 7.94. The Morgan fingerprint density at radius 1 is 1.21 bits per heavy atom. The van der Waals surface area contributed by atoms with Gasteiger partial charge in [0.25, 0.3) is 0 Å². The molecule has 0 unspecified atom stereocenters. The molecule has 2 saturated heterocycles. The normalized spacial score (nSPS) is 21.5. The Morgan fingerprint density at radius 3 is 2.46 bits per heavy atom. The summed E-state index contributed by atoms with van der Waals surface area (Å²) >= 11 is 6.61. The minimum atomic E-state index is -0.123. The maximum atomic E-state index is 12.4. The third-order valence-electron chi connectivity index (χ3n) is 4.41. The van der Waals surface area contributed by atoms with Crippen molar-refractivity contribution in [3.63, 3.8) is 0 Å². The lowest BCUT2D eigenvalue weighted by atomic mass is 10.2. The molecular formula is C17H21N3O2S2. The van der Waals surface area contributed by atoms with Crippen molar-refractivity contribution in [3.8, 4) is 0 Å². The van der Waals surface area contributed by atoms with Crippen molar-refractivity contribution in [2.75, 3.05) is 37.6 Å². The van der Waals surface area contributed by atoms with Crippen LogP contribution in [0.4, 0.5) is 5.69 Å². The van der Waals surface area contributed by atoms with Gasteiger partial charge in [-0.15, -0.1) is 0 Å². The minimum Gasteiger partial charge on any atom is -0.368 e. The van der Waals surface area contributed by atoms with Gasteiger partial charge < -0.3 is 9.80 Å². The van der Waals surface area contributed by atoms with E-state index in [1.54, 1.807) is 4.90 Å². The quantitative estimate of drug-likeness (QED) is 0.766. The summed E-state index contributed by atoms with van der Waals surface area (Å²) in [5.74, 6) is 0.120. The fourth-order valence-corrected chi connectivity index (χ4v) is 4.45. The molecule has 0 bridgehead atoms. The van der Waals surface area contributed by atoms with E-state index >= 15 is 0 Å². The number of rotatable bonds is 4. The average Bonchev–Trinajstić information content (AvgIpc) is 2.86. The molecule has 1 atom stereocenters. The molecule has 2 heterocycles. The first-order chi connectivity index (χ1) is 11.6. The number of thiocarbonyl (C=S) groups is 1. The SMILES string of the molecule is C[C@H]1SC(=S)N(CCC(=O)N2CCN(c3ccccc3)CC2)C1=O. The first-order valence-electron chi connectivity index (χ1n) is 8.16. The van der Waals surface area contributed by atoms with Gasteiger partial charge in [0, 0.05) is 44.8 Å². The molecule has 0 radical (unpaired) electrons. The Morgan fingerprint density at radius 2 is 1.88 bits per heavy atom. The first-order valence-corrected chi connectivity index (χ1v) is 9.45. The van der Waals surface area contributed by atoms with Crippen molar-refractivity contribution in [2.45, 2.75) is 18.6 Å².